The number of hydrogen-bond donors (Lipinski definition) is 0. The SMILES string of the molecule is c1c(-c2ccccc2)ccc(N(c2cccc(-c3ccccc3)c2)c2cccc(-c3cc4ccccc4c4c3c3ccccc3n4-c3ccccc3)c2)c#1. The maximum atomic E-state index is 3.55. The van der Waals surface area contributed by atoms with Crippen molar-refractivity contribution in [2.75, 3.05) is 4.90 Å². The van der Waals surface area contributed by atoms with E-state index in [1.165, 1.54) is 43.7 Å². The maximum Gasteiger partial charge on any atom is 0.0973 e. The minimum absolute atomic E-state index is 0.918. The minimum Gasteiger partial charge on any atom is -0.309 e. The molecule has 1 aromatic heterocycles. The molecular weight excluding hydrogens is 653 g/mol. The van der Waals surface area contributed by atoms with Crippen molar-refractivity contribution in [3.05, 3.63) is 218 Å². The Hall–Kier alpha value is -7.34. The summed E-state index contributed by atoms with van der Waals surface area (Å²) in [6, 6.07) is 80.6. The summed E-state index contributed by atoms with van der Waals surface area (Å²) in [4.78, 5) is 2.30. The van der Waals surface area contributed by atoms with E-state index >= 15 is 0 Å². The topological polar surface area (TPSA) is 8.17 Å². The third-order valence-corrected chi connectivity index (χ3v) is 10.4. The zero-order valence-electron chi connectivity index (χ0n) is 29.5. The summed E-state index contributed by atoms with van der Waals surface area (Å²) >= 11 is 0. The van der Waals surface area contributed by atoms with E-state index in [9.17, 15) is 0 Å². The van der Waals surface area contributed by atoms with E-state index in [2.05, 4.69) is 222 Å². The van der Waals surface area contributed by atoms with Crippen LogP contribution >= 0.6 is 0 Å². The summed E-state index contributed by atoms with van der Waals surface area (Å²) in [5.74, 6) is 0. The lowest BCUT2D eigenvalue weighted by atomic mass is 9.94. The molecule has 0 atom stereocenters. The molecule has 0 spiro atoms. The van der Waals surface area contributed by atoms with Crippen molar-refractivity contribution in [3.8, 4) is 39.1 Å². The molecule has 0 amide bonds. The van der Waals surface area contributed by atoms with Crippen LogP contribution < -0.4 is 4.90 Å². The van der Waals surface area contributed by atoms with Gasteiger partial charge in [0.25, 0.3) is 0 Å². The second-order valence-electron chi connectivity index (χ2n) is 13.6. The molecule has 2 heteroatoms. The standard InChI is InChI=1S/C52H34N2/c1-4-16-37(17-5-1)39-30-32-44(33-31-39)53(45-25-14-21-40(34-45)38-18-6-2-7-19-38)46-26-15-22-41(35-46)49-36-42-20-10-11-27-47(42)52-51(49)48-28-12-13-29-50(48)54(52)43-23-8-3-9-24-43/h1-30,32,34-36H. The van der Waals surface area contributed by atoms with Gasteiger partial charge in [-0.3, -0.25) is 0 Å². The fraction of sp³-hybridized carbons (Fsp3) is 0. The summed E-state index contributed by atoms with van der Waals surface area (Å²) in [6.07, 6.45) is 0. The lowest BCUT2D eigenvalue weighted by Crippen LogP contribution is -2.09. The second-order valence-corrected chi connectivity index (χ2v) is 13.6. The monoisotopic (exact) mass is 686 g/mol. The van der Waals surface area contributed by atoms with Gasteiger partial charge in [0.2, 0.25) is 0 Å². The molecule has 10 aromatic rings. The van der Waals surface area contributed by atoms with E-state index in [-0.39, 0.29) is 0 Å². The molecule has 0 unspecified atom stereocenters. The second kappa shape index (κ2) is 13.3. The van der Waals surface area contributed by atoms with E-state index in [0.717, 1.165) is 45.0 Å². The van der Waals surface area contributed by atoms with Crippen molar-refractivity contribution in [1.82, 2.24) is 4.57 Å². The van der Waals surface area contributed by atoms with Gasteiger partial charge in [0.15, 0.2) is 0 Å². The van der Waals surface area contributed by atoms with Gasteiger partial charge in [-0.15, -0.1) is 0 Å². The molecule has 9 aromatic carbocycles. The number of anilines is 3. The van der Waals surface area contributed by atoms with Gasteiger partial charge in [-0.2, -0.15) is 0 Å². The lowest BCUT2D eigenvalue weighted by Gasteiger charge is -2.25. The van der Waals surface area contributed by atoms with Crippen LogP contribution in [0.1, 0.15) is 0 Å². The van der Waals surface area contributed by atoms with E-state index in [0.29, 0.717) is 0 Å². The summed E-state index contributed by atoms with van der Waals surface area (Å²) in [7, 11) is 0. The largest absolute Gasteiger partial charge is 0.309 e. The van der Waals surface area contributed by atoms with Crippen LogP contribution in [0.5, 0.6) is 0 Å². The highest BCUT2D eigenvalue weighted by Gasteiger charge is 2.21. The van der Waals surface area contributed by atoms with Crippen LogP contribution in [-0.4, -0.2) is 4.57 Å². The summed E-state index contributed by atoms with van der Waals surface area (Å²) in [6.45, 7) is 0. The Bertz CT molecular complexity index is 2910. The molecule has 10 rings (SSSR count). The van der Waals surface area contributed by atoms with Gasteiger partial charge in [0, 0.05) is 38.8 Å². The molecule has 0 bridgehead atoms. The van der Waals surface area contributed by atoms with E-state index in [1.54, 1.807) is 0 Å². The van der Waals surface area contributed by atoms with Crippen molar-refractivity contribution in [2.24, 2.45) is 0 Å². The third kappa shape index (κ3) is 5.48. The Morgan fingerprint density at radius 2 is 1.00 bits per heavy atom. The Balaban J connectivity index is 1.20. The molecule has 0 aliphatic rings. The van der Waals surface area contributed by atoms with Gasteiger partial charge >= 0.3 is 0 Å². The highest BCUT2D eigenvalue weighted by atomic mass is 15.1. The first kappa shape index (κ1) is 31.4. The van der Waals surface area contributed by atoms with E-state index in [4.69, 9.17) is 0 Å². The highest BCUT2D eigenvalue weighted by molar-refractivity contribution is 6.24. The van der Waals surface area contributed by atoms with Gasteiger partial charge in [-0.1, -0.05) is 152 Å². The van der Waals surface area contributed by atoms with Crippen LogP contribution in [0, 0.1) is 12.1 Å². The smallest absolute Gasteiger partial charge is 0.0973 e. The van der Waals surface area contributed by atoms with Gasteiger partial charge < -0.3 is 9.47 Å². The summed E-state index contributed by atoms with van der Waals surface area (Å²) < 4.78 is 2.43. The molecule has 0 aliphatic carbocycles. The van der Waals surface area contributed by atoms with Crippen molar-refractivity contribution in [1.29, 1.82) is 0 Å². The fourth-order valence-corrected chi connectivity index (χ4v) is 7.90. The summed E-state index contributed by atoms with van der Waals surface area (Å²) in [5.41, 5.74) is 13.4. The number of nitrogens with zero attached hydrogens (tertiary/aromatic N) is 2. The predicted molar refractivity (Wildman–Crippen MR) is 227 cm³/mol. The number of rotatable bonds is 7. The molecule has 1 heterocycles. The van der Waals surface area contributed by atoms with Gasteiger partial charge in [0.05, 0.1) is 16.7 Å². The molecule has 0 fully saturated rings. The lowest BCUT2D eigenvalue weighted by molar-refractivity contribution is 1.19. The van der Waals surface area contributed by atoms with E-state index in [1.807, 2.05) is 6.07 Å². The Morgan fingerprint density at radius 1 is 0.407 bits per heavy atom. The van der Waals surface area contributed by atoms with Crippen LogP contribution in [-0.2, 0) is 0 Å². The Kier molecular flexibility index (Phi) is 7.75. The quantitative estimate of drug-likeness (QED) is 0.162. The first-order chi connectivity index (χ1) is 26.8. The highest BCUT2D eigenvalue weighted by Crippen LogP contribution is 2.44. The molecule has 0 aliphatic heterocycles. The molecule has 0 saturated heterocycles. The van der Waals surface area contributed by atoms with E-state index < -0.39 is 0 Å². The van der Waals surface area contributed by atoms with Crippen LogP contribution in [0.15, 0.2) is 206 Å². The molecule has 54 heavy (non-hydrogen) atoms. The first-order valence-corrected chi connectivity index (χ1v) is 18.4. The average Bonchev–Trinajstić information content (AvgIpc) is 3.61. The average molecular weight is 687 g/mol. The molecule has 252 valence electrons. The number of benzene rings is 8. The molecular formula is C52H34N2. The number of para-hydroxylation sites is 2. The molecule has 0 N–H and O–H groups in total. The van der Waals surface area contributed by atoms with Crippen molar-refractivity contribution < 1.29 is 0 Å². The van der Waals surface area contributed by atoms with Crippen LogP contribution in [0.25, 0.3) is 71.6 Å². The Morgan fingerprint density at radius 3 is 1.72 bits per heavy atom. The molecule has 0 radical (unpaired) electrons. The third-order valence-electron chi connectivity index (χ3n) is 10.4. The zero-order valence-corrected chi connectivity index (χ0v) is 29.5. The fourth-order valence-electron chi connectivity index (χ4n) is 7.90. The van der Waals surface area contributed by atoms with Gasteiger partial charge in [-0.25, -0.2) is 0 Å². The number of aromatic nitrogens is 1. The first-order valence-electron chi connectivity index (χ1n) is 18.4. The molecule has 0 saturated carbocycles. The zero-order chi connectivity index (χ0) is 35.8. The Labute approximate surface area is 315 Å². The summed E-state index contributed by atoms with van der Waals surface area (Å²) in [5, 5.41) is 4.91. The minimum atomic E-state index is 0.918. The maximum absolute atomic E-state index is 3.55. The predicted octanol–water partition coefficient (Wildman–Crippen LogP) is 14.0. The van der Waals surface area contributed by atoms with Crippen LogP contribution in [0.3, 0.4) is 0 Å². The number of hydrogen-bond acceptors (Lipinski definition) is 1. The van der Waals surface area contributed by atoms with Crippen LogP contribution in [0.2, 0.25) is 0 Å². The van der Waals surface area contributed by atoms with Gasteiger partial charge in [-0.05, 0) is 99.9 Å². The van der Waals surface area contributed by atoms with Crippen LogP contribution in [0.4, 0.5) is 17.1 Å². The van der Waals surface area contributed by atoms with Crippen molar-refractivity contribution >= 4 is 49.6 Å². The van der Waals surface area contributed by atoms with Crippen molar-refractivity contribution in [2.45, 2.75) is 0 Å². The molecule has 2 nitrogen and oxygen atoms in total. The normalized spacial score (nSPS) is 11.2. The van der Waals surface area contributed by atoms with Gasteiger partial charge in [0.1, 0.15) is 0 Å². The number of fused-ring (bicyclic) bond motifs is 5. The van der Waals surface area contributed by atoms with Crippen molar-refractivity contribution in [3.63, 3.8) is 0 Å².